The Bertz CT molecular complexity index is 542. The van der Waals surface area contributed by atoms with Crippen LogP contribution >= 0.6 is 0 Å². The number of hydrogen-bond donors (Lipinski definition) is 0. The number of epoxide rings is 1. The first-order chi connectivity index (χ1) is 7.55. The maximum absolute atomic E-state index is 12.7. The van der Waals surface area contributed by atoms with E-state index in [0.29, 0.717) is 12.2 Å². The first kappa shape index (κ1) is 9.65. The van der Waals surface area contributed by atoms with Gasteiger partial charge in [-0.3, -0.25) is 0 Å². The molecule has 3 nitrogen and oxygen atoms in total. The Kier molecular flexibility index (Phi) is 1.79. The van der Waals surface area contributed by atoms with E-state index in [1.54, 1.807) is 6.07 Å². The lowest BCUT2D eigenvalue weighted by molar-refractivity contribution is -0.136. The Hall–Kier alpha value is -1.56. The zero-order chi connectivity index (χ0) is 11.3. The van der Waals surface area contributed by atoms with Crippen molar-refractivity contribution >= 4 is 11.1 Å². The molecule has 3 rings (SSSR count). The lowest BCUT2D eigenvalue weighted by atomic mass is 10.1. The fourth-order valence-electron chi connectivity index (χ4n) is 1.63. The number of benzene rings is 1. The summed E-state index contributed by atoms with van der Waals surface area (Å²) in [4.78, 5) is 3.74. The third-order valence-electron chi connectivity index (χ3n) is 2.46. The van der Waals surface area contributed by atoms with Gasteiger partial charge in [0.15, 0.2) is 12.0 Å². The van der Waals surface area contributed by atoms with Gasteiger partial charge in [-0.2, -0.15) is 13.2 Å². The average molecular weight is 229 g/mol. The Morgan fingerprint density at radius 1 is 1.31 bits per heavy atom. The summed E-state index contributed by atoms with van der Waals surface area (Å²) < 4.78 is 47.9. The lowest BCUT2D eigenvalue weighted by Gasteiger charge is -2.08. The number of halogens is 3. The molecule has 1 aliphatic rings. The molecule has 0 amide bonds. The minimum Gasteiger partial charge on any atom is -0.443 e. The van der Waals surface area contributed by atoms with Crippen LogP contribution in [0.1, 0.15) is 17.2 Å². The lowest BCUT2D eigenvalue weighted by Crippen LogP contribution is -2.06. The second-order valence-electron chi connectivity index (χ2n) is 3.59. The van der Waals surface area contributed by atoms with Gasteiger partial charge in [-0.25, -0.2) is 4.98 Å². The molecule has 0 saturated carbocycles. The summed E-state index contributed by atoms with van der Waals surface area (Å²) in [7, 11) is 0. The van der Waals surface area contributed by atoms with Crippen LogP contribution in [-0.2, 0) is 10.9 Å². The van der Waals surface area contributed by atoms with Crippen molar-refractivity contribution in [1.29, 1.82) is 0 Å². The van der Waals surface area contributed by atoms with Crippen molar-refractivity contribution in [2.45, 2.75) is 12.3 Å². The van der Waals surface area contributed by atoms with Crippen LogP contribution < -0.4 is 0 Å². The van der Waals surface area contributed by atoms with Crippen molar-refractivity contribution in [2.24, 2.45) is 0 Å². The molecule has 0 N–H and O–H groups in total. The van der Waals surface area contributed by atoms with Crippen LogP contribution in [0, 0.1) is 0 Å². The number of hydrogen-bond acceptors (Lipinski definition) is 3. The highest BCUT2D eigenvalue weighted by Gasteiger charge is 2.37. The molecule has 1 aromatic carbocycles. The molecule has 1 atom stereocenters. The Balaban J connectivity index is 2.26. The first-order valence-electron chi connectivity index (χ1n) is 4.61. The van der Waals surface area contributed by atoms with E-state index in [0.717, 1.165) is 12.5 Å². The summed E-state index contributed by atoms with van der Waals surface area (Å²) in [6.45, 7) is 0.459. The van der Waals surface area contributed by atoms with E-state index in [4.69, 9.17) is 9.15 Å². The molecule has 0 spiro atoms. The van der Waals surface area contributed by atoms with E-state index in [1.807, 2.05) is 0 Å². The number of ether oxygens (including phenoxy) is 1. The molecule has 1 aromatic heterocycles. The Morgan fingerprint density at radius 3 is 2.69 bits per heavy atom. The maximum Gasteiger partial charge on any atom is 0.420 e. The van der Waals surface area contributed by atoms with E-state index in [-0.39, 0.29) is 17.2 Å². The van der Waals surface area contributed by atoms with Crippen molar-refractivity contribution in [1.82, 2.24) is 4.98 Å². The first-order valence-corrected chi connectivity index (χ1v) is 4.61. The van der Waals surface area contributed by atoms with Crippen molar-refractivity contribution in [3.8, 4) is 0 Å². The van der Waals surface area contributed by atoms with Crippen LogP contribution in [-0.4, -0.2) is 11.6 Å². The van der Waals surface area contributed by atoms with Crippen LogP contribution in [0.5, 0.6) is 0 Å². The highest BCUT2D eigenvalue weighted by Crippen LogP contribution is 2.39. The van der Waals surface area contributed by atoms with E-state index in [1.165, 1.54) is 0 Å². The Morgan fingerprint density at radius 2 is 2.06 bits per heavy atom. The number of aromatic nitrogens is 1. The molecule has 1 fully saturated rings. The van der Waals surface area contributed by atoms with Gasteiger partial charge >= 0.3 is 6.18 Å². The number of fused-ring (bicyclic) bond motifs is 1. The van der Waals surface area contributed by atoms with Crippen molar-refractivity contribution in [3.05, 3.63) is 29.7 Å². The van der Waals surface area contributed by atoms with Crippen molar-refractivity contribution < 1.29 is 22.3 Å². The minimum atomic E-state index is -4.44. The zero-order valence-corrected chi connectivity index (χ0v) is 7.91. The van der Waals surface area contributed by atoms with E-state index in [9.17, 15) is 13.2 Å². The topological polar surface area (TPSA) is 38.6 Å². The molecule has 0 aliphatic carbocycles. The van der Waals surface area contributed by atoms with Crippen LogP contribution in [0.3, 0.4) is 0 Å². The van der Waals surface area contributed by atoms with E-state index in [2.05, 4.69) is 4.98 Å². The fourth-order valence-corrected chi connectivity index (χ4v) is 1.63. The summed E-state index contributed by atoms with van der Waals surface area (Å²) in [5.74, 6) is 0. The van der Waals surface area contributed by atoms with Crippen LogP contribution in [0.2, 0.25) is 0 Å². The van der Waals surface area contributed by atoms with Gasteiger partial charge in [0.05, 0.1) is 6.61 Å². The number of oxazole rings is 1. The van der Waals surface area contributed by atoms with Crippen molar-refractivity contribution in [2.75, 3.05) is 6.61 Å². The summed E-state index contributed by atoms with van der Waals surface area (Å²) in [5.41, 5.74) is -0.320. The van der Waals surface area contributed by atoms with Crippen LogP contribution in [0.25, 0.3) is 11.1 Å². The summed E-state index contributed by atoms with van der Waals surface area (Å²) in [5, 5.41) is 0. The monoisotopic (exact) mass is 229 g/mol. The van der Waals surface area contributed by atoms with Gasteiger partial charge in [-0.05, 0) is 17.7 Å². The molecule has 16 heavy (non-hydrogen) atoms. The van der Waals surface area contributed by atoms with Crippen LogP contribution in [0.15, 0.2) is 22.9 Å². The fraction of sp³-hybridized carbons (Fsp3) is 0.300. The molecular weight excluding hydrogens is 223 g/mol. The molecule has 6 heteroatoms. The average Bonchev–Trinajstić information content (AvgIpc) is 2.94. The molecule has 2 heterocycles. The SMILES string of the molecule is FC(F)(F)c1cc(C2CO2)cc2ncoc12. The van der Waals surface area contributed by atoms with Gasteiger partial charge in [0.25, 0.3) is 0 Å². The third-order valence-corrected chi connectivity index (χ3v) is 2.46. The quantitative estimate of drug-likeness (QED) is 0.705. The van der Waals surface area contributed by atoms with E-state index >= 15 is 0 Å². The summed E-state index contributed by atoms with van der Waals surface area (Å²) in [6, 6.07) is 2.62. The second kappa shape index (κ2) is 2.98. The summed E-state index contributed by atoms with van der Waals surface area (Å²) in [6.07, 6.45) is -3.66. The highest BCUT2D eigenvalue weighted by atomic mass is 19.4. The predicted octanol–water partition coefficient (Wildman–Crippen LogP) is 2.92. The van der Waals surface area contributed by atoms with Gasteiger partial charge in [0.1, 0.15) is 17.2 Å². The largest absolute Gasteiger partial charge is 0.443 e. The molecule has 0 bridgehead atoms. The van der Waals surface area contributed by atoms with Gasteiger partial charge in [0, 0.05) is 0 Å². The molecule has 1 saturated heterocycles. The molecule has 2 aromatic rings. The molecule has 0 radical (unpaired) electrons. The van der Waals surface area contributed by atoms with Gasteiger partial charge in [0.2, 0.25) is 0 Å². The predicted molar refractivity (Wildman–Crippen MR) is 47.7 cm³/mol. The zero-order valence-electron chi connectivity index (χ0n) is 7.91. The molecule has 1 aliphatic heterocycles. The highest BCUT2D eigenvalue weighted by molar-refractivity contribution is 5.77. The van der Waals surface area contributed by atoms with E-state index < -0.39 is 11.7 Å². The number of rotatable bonds is 1. The molecule has 1 unspecified atom stereocenters. The molecule has 84 valence electrons. The second-order valence-corrected chi connectivity index (χ2v) is 3.59. The minimum absolute atomic E-state index is 0.209. The summed E-state index contributed by atoms with van der Waals surface area (Å²) >= 11 is 0. The maximum atomic E-state index is 12.7. The smallest absolute Gasteiger partial charge is 0.420 e. The number of alkyl halides is 3. The van der Waals surface area contributed by atoms with Crippen molar-refractivity contribution in [3.63, 3.8) is 0 Å². The normalized spacial score (nSPS) is 20.3. The molecular formula is C10H6F3NO2. The number of nitrogens with zero attached hydrogens (tertiary/aromatic N) is 1. The third kappa shape index (κ3) is 1.46. The van der Waals surface area contributed by atoms with Gasteiger partial charge in [-0.1, -0.05) is 0 Å². The van der Waals surface area contributed by atoms with Crippen LogP contribution in [0.4, 0.5) is 13.2 Å². The van der Waals surface area contributed by atoms with Gasteiger partial charge < -0.3 is 9.15 Å². The Labute approximate surface area is 87.8 Å². The van der Waals surface area contributed by atoms with Gasteiger partial charge in [-0.15, -0.1) is 0 Å². The standard InChI is InChI=1S/C10H6F3NO2/c11-10(12,13)6-1-5(8-3-15-8)2-7-9(6)16-4-14-7/h1-2,4,8H,3H2.